The lowest BCUT2D eigenvalue weighted by Crippen LogP contribution is -2.05. The van der Waals surface area contributed by atoms with Crippen molar-refractivity contribution < 1.29 is 9.13 Å². The van der Waals surface area contributed by atoms with Gasteiger partial charge in [0.1, 0.15) is 18.5 Å². The fraction of sp³-hybridized carbons (Fsp3) is 0.400. The van der Waals surface area contributed by atoms with E-state index in [0.29, 0.717) is 0 Å². The van der Waals surface area contributed by atoms with Crippen molar-refractivity contribution in [3.8, 4) is 5.75 Å². The van der Waals surface area contributed by atoms with Crippen LogP contribution in [0.3, 0.4) is 0 Å². The summed E-state index contributed by atoms with van der Waals surface area (Å²) in [4.78, 5) is 0. The second kappa shape index (κ2) is 2.77. The molecule has 0 radical (unpaired) electrons. The first-order chi connectivity index (χ1) is 5.79. The fourth-order valence-electron chi connectivity index (χ4n) is 1.56. The highest BCUT2D eigenvalue weighted by Gasteiger charge is 2.18. The number of hydrogen-bond donors (Lipinski definition) is 0. The molecule has 1 aromatic rings. The molecule has 1 aromatic carbocycles. The van der Waals surface area contributed by atoms with Crippen LogP contribution in [0.2, 0.25) is 0 Å². The van der Waals surface area contributed by atoms with Gasteiger partial charge in [0.25, 0.3) is 0 Å². The van der Waals surface area contributed by atoms with Gasteiger partial charge in [0.05, 0.1) is 0 Å². The van der Waals surface area contributed by atoms with Crippen molar-refractivity contribution in [3.05, 3.63) is 29.3 Å². The molecular weight excluding hydrogens is 155 g/mol. The Morgan fingerprint density at radius 1 is 1.58 bits per heavy atom. The van der Waals surface area contributed by atoms with E-state index in [1.54, 1.807) is 6.07 Å². The average molecular weight is 166 g/mol. The van der Waals surface area contributed by atoms with E-state index in [4.69, 9.17) is 4.74 Å². The van der Waals surface area contributed by atoms with Gasteiger partial charge in [0.2, 0.25) is 0 Å². The van der Waals surface area contributed by atoms with E-state index < -0.39 is 0 Å². The average Bonchev–Trinajstić information content (AvgIpc) is 2.43. The molecule has 0 N–H and O–H groups in total. The molecule has 2 heteroatoms. The van der Waals surface area contributed by atoms with E-state index in [0.717, 1.165) is 23.3 Å². The second-order valence-corrected chi connectivity index (χ2v) is 3.21. The van der Waals surface area contributed by atoms with Crippen molar-refractivity contribution in [2.75, 3.05) is 0 Å². The minimum absolute atomic E-state index is 0.245. The summed E-state index contributed by atoms with van der Waals surface area (Å²) in [7, 11) is 0. The Morgan fingerprint density at radius 3 is 3.17 bits per heavy atom. The van der Waals surface area contributed by atoms with Crippen LogP contribution in [0.4, 0.5) is 4.39 Å². The number of rotatable bonds is 1. The lowest BCUT2D eigenvalue weighted by Gasteiger charge is -2.01. The third-order valence-corrected chi connectivity index (χ3v) is 2.11. The molecule has 1 atom stereocenters. The Bertz CT molecular complexity index is 296. The van der Waals surface area contributed by atoms with Gasteiger partial charge in [-0.1, -0.05) is 6.07 Å². The van der Waals surface area contributed by atoms with Gasteiger partial charge in [-0.25, -0.2) is 4.39 Å². The minimum atomic E-state index is -0.387. The number of fused-ring (bicyclic) bond motifs is 1. The standard InChI is InChI=1S/C10H11FO/c1-7-4-9-5-8(6-11)2-3-10(9)12-7/h2-3,5,7H,4,6H2,1H3/t7-/m1/s1. The molecule has 0 saturated heterocycles. The Morgan fingerprint density at radius 2 is 2.42 bits per heavy atom. The Balaban J connectivity index is 2.35. The van der Waals surface area contributed by atoms with Gasteiger partial charge < -0.3 is 4.74 Å². The van der Waals surface area contributed by atoms with Crippen LogP contribution in [0.25, 0.3) is 0 Å². The van der Waals surface area contributed by atoms with Crippen LogP contribution in [-0.2, 0) is 13.1 Å². The molecule has 1 nitrogen and oxygen atoms in total. The lowest BCUT2D eigenvalue weighted by atomic mass is 10.1. The molecule has 0 spiro atoms. The number of benzene rings is 1. The normalized spacial score (nSPS) is 20.3. The van der Waals surface area contributed by atoms with E-state index in [-0.39, 0.29) is 12.8 Å². The van der Waals surface area contributed by atoms with Gasteiger partial charge in [0.15, 0.2) is 0 Å². The van der Waals surface area contributed by atoms with E-state index in [9.17, 15) is 4.39 Å². The quantitative estimate of drug-likeness (QED) is 0.622. The largest absolute Gasteiger partial charge is 0.490 e. The molecular formula is C10H11FO. The van der Waals surface area contributed by atoms with E-state index in [1.807, 2.05) is 19.1 Å². The van der Waals surface area contributed by atoms with Gasteiger partial charge in [0, 0.05) is 6.42 Å². The first-order valence-electron chi connectivity index (χ1n) is 4.14. The smallest absolute Gasteiger partial charge is 0.123 e. The molecule has 1 aliphatic heterocycles. The van der Waals surface area contributed by atoms with Crippen LogP contribution < -0.4 is 4.74 Å². The van der Waals surface area contributed by atoms with Crippen LogP contribution in [0.15, 0.2) is 18.2 Å². The maximum Gasteiger partial charge on any atom is 0.123 e. The Kier molecular flexibility index (Phi) is 1.75. The highest BCUT2D eigenvalue weighted by molar-refractivity contribution is 5.40. The number of halogens is 1. The third kappa shape index (κ3) is 1.17. The second-order valence-electron chi connectivity index (χ2n) is 3.21. The number of hydrogen-bond acceptors (Lipinski definition) is 1. The fourth-order valence-corrected chi connectivity index (χ4v) is 1.56. The van der Waals surface area contributed by atoms with E-state index in [2.05, 4.69) is 0 Å². The molecule has 64 valence electrons. The van der Waals surface area contributed by atoms with Gasteiger partial charge in [-0.3, -0.25) is 0 Å². The zero-order valence-corrected chi connectivity index (χ0v) is 7.01. The Labute approximate surface area is 71.2 Å². The summed E-state index contributed by atoms with van der Waals surface area (Å²) in [5.41, 5.74) is 1.88. The molecule has 0 aliphatic carbocycles. The predicted molar refractivity (Wildman–Crippen MR) is 45.0 cm³/mol. The summed E-state index contributed by atoms with van der Waals surface area (Å²) in [6.07, 6.45) is 1.15. The maximum absolute atomic E-state index is 12.3. The van der Waals surface area contributed by atoms with Crippen molar-refractivity contribution in [1.82, 2.24) is 0 Å². The van der Waals surface area contributed by atoms with Crippen LogP contribution in [-0.4, -0.2) is 6.10 Å². The summed E-state index contributed by atoms with van der Waals surface area (Å²) in [6, 6.07) is 5.52. The highest BCUT2D eigenvalue weighted by Crippen LogP contribution is 2.29. The predicted octanol–water partition coefficient (Wildman–Crippen LogP) is 2.48. The van der Waals surface area contributed by atoms with Crippen LogP contribution in [0, 0.1) is 0 Å². The van der Waals surface area contributed by atoms with Crippen LogP contribution in [0.5, 0.6) is 5.75 Å². The van der Waals surface area contributed by atoms with E-state index >= 15 is 0 Å². The highest BCUT2D eigenvalue weighted by atomic mass is 19.1. The van der Waals surface area contributed by atoms with Crippen LogP contribution in [0.1, 0.15) is 18.1 Å². The first-order valence-corrected chi connectivity index (χ1v) is 4.14. The van der Waals surface area contributed by atoms with Crippen molar-refractivity contribution in [1.29, 1.82) is 0 Å². The molecule has 1 heterocycles. The van der Waals surface area contributed by atoms with Crippen molar-refractivity contribution in [2.24, 2.45) is 0 Å². The van der Waals surface area contributed by atoms with Gasteiger partial charge >= 0.3 is 0 Å². The Hall–Kier alpha value is -1.05. The molecule has 0 saturated carbocycles. The molecule has 0 fully saturated rings. The molecule has 0 bridgehead atoms. The van der Waals surface area contributed by atoms with Crippen molar-refractivity contribution in [3.63, 3.8) is 0 Å². The van der Waals surface area contributed by atoms with Gasteiger partial charge in [-0.2, -0.15) is 0 Å². The molecule has 0 aromatic heterocycles. The van der Waals surface area contributed by atoms with Gasteiger partial charge in [-0.05, 0) is 30.2 Å². The monoisotopic (exact) mass is 166 g/mol. The summed E-state index contributed by atoms with van der Waals surface area (Å²) in [5, 5.41) is 0. The lowest BCUT2D eigenvalue weighted by molar-refractivity contribution is 0.254. The number of alkyl halides is 1. The molecule has 12 heavy (non-hydrogen) atoms. The summed E-state index contributed by atoms with van der Waals surface area (Å²) >= 11 is 0. The van der Waals surface area contributed by atoms with Crippen molar-refractivity contribution >= 4 is 0 Å². The maximum atomic E-state index is 12.3. The molecule has 2 rings (SSSR count). The molecule has 1 aliphatic rings. The van der Waals surface area contributed by atoms with Crippen molar-refractivity contribution in [2.45, 2.75) is 26.1 Å². The zero-order chi connectivity index (χ0) is 8.55. The summed E-state index contributed by atoms with van der Waals surface area (Å²) in [5.74, 6) is 0.916. The third-order valence-electron chi connectivity index (χ3n) is 2.11. The summed E-state index contributed by atoms with van der Waals surface area (Å²) < 4.78 is 17.7. The minimum Gasteiger partial charge on any atom is -0.490 e. The topological polar surface area (TPSA) is 9.23 Å². The van der Waals surface area contributed by atoms with Crippen LogP contribution >= 0.6 is 0 Å². The molecule has 0 unspecified atom stereocenters. The van der Waals surface area contributed by atoms with Gasteiger partial charge in [-0.15, -0.1) is 0 Å². The SMILES string of the molecule is C[C@@H]1Cc2cc(CF)ccc2O1. The summed E-state index contributed by atoms with van der Waals surface area (Å²) in [6.45, 7) is 1.64. The van der Waals surface area contributed by atoms with E-state index in [1.165, 1.54) is 0 Å². The molecule has 0 amide bonds. The number of ether oxygens (including phenoxy) is 1. The first kappa shape index (κ1) is 7.59. The zero-order valence-electron chi connectivity index (χ0n) is 7.01.